The maximum atomic E-state index is 14.4. The van der Waals surface area contributed by atoms with Crippen molar-refractivity contribution in [2.24, 2.45) is 23.7 Å². The molecular formula is C23H20F5N. The molecule has 0 radical (unpaired) electrons. The molecule has 1 saturated heterocycles. The van der Waals surface area contributed by atoms with Gasteiger partial charge < -0.3 is 0 Å². The van der Waals surface area contributed by atoms with Gasteiger partial charge in [0, 0.05) is 30.1 Å². The molecule has 0 amide bonds. The molecule has 1 aliphatic heterocycles. The van der Waals surface area contributed by atoms with Gasteiger partial charge in [0.1, 0.15) is 0 Å². The zero-order chi connectivity index (χ0) is 20.4. The number of hydrogen-bond donors (Lipinski definition) is 0. The van der Waals surface area contributed by atoms with E-state index in [4.69, 9.17) is 0 Å². The van der Waals surface area contributed by atoms with Crippen molar-refractivity contribution in [1.82, 2.24) is 4.90 Å². The highest BCUT2D eigenvalue weighted by molar-refractivity contribution is 5.34. The van der Waals surface area contributed by atoms with E-state index in [1.165, 1.54) is 0 Å². The van der Waals surface area contributed by atoms with Gasteiger partial charge in [0.15, 0.2) is 23.3 Å². The van der Waals surface area contributed by atoms with Crippen LogP contribution in [0.2, 0.25) is 0 Å². The maximum Gasteiger partial charge on any atom is 0.200 e. The summed E-state index contributed by atoms with van der Waals surface area (Å²) in [6, 6.07) is -0.137. The summed E-state index contributed by atoms with van der Waals surface area (Å²) in [5.74, 6) is -8.42. The lowest BCUT2D eigenvalue weighted by molar-refractivity contribution is 0.162. The minimum absolute atomic E-state index is 0.0158. The first kappa shape index (κ1) is 18.8. The lowest BCUT2D eigenvalue weighted by Gasteiger charge is -2.34. The van der Waals surface area contributed by atoms with Gasteiger partial charge in [-0.25, -0.2) is 22.0 Å². The molecule has 1 nitrogen and oxygen atoms in total. The average Bonchev–Trinajstić information content (AvgIpc) is 3.23. The largest absolute Gasteiger partial charge is 0.288 e. The van der Waals surface area contributed by atoms with Gasteiger partial charge in [-0.05, 0) is 31.1 Å². The van der Waals surface area contributed by atoms with Crippen LogP contribution in [0.3, 0.4) is 0 Å². The van der Waals surface area contributed by atoms with Crippen LogP contribution in [0.25, 0.3) is 0 Å². The van der Waals surface area contributed by atoms with Crippen molar-refractivity contribution in [3.63, 3.8) is 0 Å². The van der Waals surface area contributed by atoms with E-state index in [-0.39, 0.29) is 36.4 Å². The molecule has 3 aliphatic carbocycles. The Bertz CT molecular complexity index is 962. The summed E-state index contributed by atoms with van der Waals surface area (Å²) in [5.41, 5.74) is 0.378. The van der Waals surface area contributed by atoms with E-state index in [2.05, 4.69) is 18.2 Å². The lowest BCUT2D eigenvalue weighted by atomic mass is 9.83. The van der Waals surface area contributed by atoms with Gasteiger partial charge in [-0.2, -0.15) is 0 Å². The molecule has 5 rings (SSSR count). The van der Waals surface area contributed by atoms with Crippen LogP contribution in [0.4, 0.5) is 22.0 Å². The van der Waals surface area contributed by atoms with Gasteiger partial charge in [-0.3, -0.25) is 4.90 Å². The van der Waals surface area contributed by atoms with Gasteiger partial charge in [0.05, 0.1) is 0 Å². The van der Waals surface area contributed by atoms with Crippen molar-refractivity contribution in [1.29, 1.82) is 0 Å². The number of benzene rings is 1. The van der Waals surface area contributed by atoms with Crippen molar-refractivity contribution >= 4 is 0 Å². The molecule has 0 aromatic heterocycles. The number of rotatable bonds is 2. The second kappa shape index (κ2) is 6.66. The second-order valence-corrected chi connectivity index (χ2v) is 8.46. The quantitative estimate of drug-likeness (QED) is 0.360. The van der Waals surface area contributed by atoms with Gasteiger partial charge >= 0.3 is 0 Å². The fourth-order valence-corrected chi connectivity index (χ4v) is 5.79. The SMILES string of the molecule is CC1=CC2C3CC4C=CC=CC4C3N(Cc3c(F)c(F)c(F)c(F)c3F)C2C=C1. The van der Waals surface area contributed by atoms with E-state index < -0.39 is 34.6 Å². The molecule has 2 fully saturated rings. The highest BCUT2D eigenvalue weighted by Gasteiger charge is 2.56. The first-order valence-corrected chi connectivity index (χ1v) is 9.86. The van der Waals surface area contributed by atoms with Crippen molar-refractivity contribution in [2.45, 2.75) is 32.0 Å². The molecule has 6 atom stereocenters. The predicted octanol–water partition coefficient (Wildman–Crippen LogP) is 5.45. The van der Waals surface area contributed by atoms with Gasteiger partial charge in [0.25, 0.3) is 0 Å². The summed E-state index contributed by atoms with van der Waals surface area (Å²) >= 11 is 0. The van der Waals surface area contributed by atoms with Crippen LogP contribution in [0.5, 0.6) is 0 Å². The molecule has 1 saturated carbocycles. The molecule has 1 heterocycles. The first-order valence-electron chi connectivity index (χ1n) is 9.86. The molecule has 152 valence electrons. The summed E-state index contributed by atoms with van der Waals surface area (Å²) in [6.07, 6.45) is 15.3. The van der Waals surface area contributed by atoms with Crippen LogP contribution in [0.15, 0.2) is 48.1 Å². The van der Waals surface area contributed by atoms with Crippen molar-refractivity contribution in [2.75, 3.05) is 0 Å². The van der Waals surface area contributed by atoms with Crippen LogP contribution in [-0.2, 0) is 6.54 Å². The molecule has 29 heavy (non-hydrogen) atoms. The zero-order valence-electron chi connectivity index (χ0n) is 15.8. The molecular weight excluding hydrogens is 385 g/mol. The molecule has 6 heteroatoms. The van der Waals surface area contributed by atoms with E-state index in [0.717, 1.165) is 12.0 Å². The zero-order valence-corrected chi connectivity index (χ0v) is 15.8. The monoisotopic (exact) mass is 405 g/mol. The van der Waals surface area contributed by atoms with Crippen LogP contribution in [0, 0.1) is 52.8 Å². The third-order valence-corrected chi connectivity index (χ3v) is 6.98. The fraction of sp³-hybridized carbons (Fsp3) is 0.391. The van der Waals surface area contributed by atoms with E-state index >= 15 is 0 Å². The Morgan fingerprint density at radius 2 is 1.52 bits per heavy atom. The summed E-state index contributed by atoms with van der Waals surface area (Å²) in [7, 11) is 0. The average molecular weight is 405 g/mol. The molecule has 1 aromatic rings. The van der Waals surface area contributed by atoms with Crippen LogP contribution in [0.1, 0.15) is 18.9 Å². The molecule has 0 spiro atoms. The Balaban J connectivity index is 1.58. The summed E-state index contributed by atoms with van der Waals surface area (Å²) < 4.78 is 69.9. The number of allylic oxidation sites excluding steroid dienone is 5. The predicted molar refractivity (Wildman–Crippen MR) is 99.1 cm³/mol. The number of nitrogens with zero attached hydrogens (tertiary/aromatic N) is 1. The van der Waals surface area contributed by atoms with Crippen LogP contribution >= 0.6 is 0 Å². The third kappa shape index (κ3) is 2.68. The molecule has 0 N–H and O–H groups in total. The first-order chi connectivity index (χ1) is 13.9. The number of likely N-dealkylation sites (tertiary alicyclic amines) is 1. The Hall–Kier alpha value is -2.21. The fourth-order valence-electron chi connectivity index (χ4n) is 5.79. The van der Waals surface area contributed by atoms with Gasteiger partial charge in [-0.1, -0.05) is 48.1 Å². The Kier molecular flexibility index (Phi) is 4.32. The molecule has 0 bridgehead atoms. The minimum atomic E-state index is -2.11. The third-order valence-electron chi connectivity index (χ3n) is 6.98. The van der Waals surface area contributed by atoms with E-state index in [1.54, 1.807) is 0 Å². The summed E-state index contributed by atoms with van der Waals surface area (Å²) in [4.78, 5) is 1.95. The normalized spacial score (nSPS) is 34.9. The van der Waals surface area contributed by atoms with Crippen molar-refractivity contribution < 1.29 is 22.0 Å². The summed E-state index contributed by atoms with van der Waals surface area (Å²) in [5, 5.41) is 0. The van der Waals surface area contributed by atoms with Gasteiger partial charge in [-0.15, -0.1) is 0 Å². The van der Waals surface area contributed by atoms with Crippen molar-refractivity contribution in [3.8, 4) is 0 Å². The molecule has 1 aromatic carbocycles. The smallest absolute Gasteiger partial charge is 0.200 e. The Labute approximate surface area is 165 Å². The van der Waals surface area contributed by atoms with Gasteiger partial charge in [0.2, 0.25) is 5.82 Å². The van der Waals surface area contributed by atoms with E-state index in [0.29, 0.717) is 5.92 Å². The van der Waals surface area contributed by atoms with Crippen LogP contribution in [-0.4, -0.2) is 17.0 Å². The second-order valence-electron chi connectivity index (χ2n) is 8.46. The molecule has 4 aliphatic rings. The highest BCUT2D eigenvalue weighted by atomic mass is 19.2. The topological polar surface area (TPSA) is 3.24 Å². The maximum absolute atomic E-state index is 14.4. The van der Waals surface area contributed by atoms with E-state index in [1.807, 2.05) is 36.1 Å². The number of fused-ring (bicyclic) bond motifs is 5. The Morgan fingerprint density at radius 1 is 0.862 bits per heavy atom. The highest BCUT2D eigenvalue weighted by Crippen LogP contribution is 2.54. The van der Waals surface area contributed by atoms with Crippen molar-refractivity contribution in [3.05, 3.63) is 82.8 Å². The van der Waals surface area contributed by atoms with Crippen LogP contribution < -0.4 is 0 Å². The molecule has 6 unspecified atom stereocenters. The minimum Gasteiger partial charge on any atom is -0.288 e. The number of halogens is 5. The number of hydrogen-bond acceptors (Lipinski definition) is 1. The van der Waals surface area contributed by atoms with E-state index in [9.17, 15) is 22.0 Å². The standard InChI is InChI=1S/C23H20F5N/c1-11-6-7-17-14(8-11)15-9-12-4-2-3-5-13(12)23(15)29(17)10-16-18(24)20(26)22(28)21(27)19(16)25/h2-8,12-15,17,23H,9-10H2,1H3. The summed E-state index contributed by atoms with van der Waals surface area (Å²) in [6.45, 7) is 1.70. The Morgan fingerprint density at radius 3 is 2.24 bits per heavy atom. The lowest BCUT2D eigenvalue weighted by Crippen LogP contribution is -2.41.